The lowest BCUT2D eigenvalue weighted by atomic mass is 10.2. The van der Waals surface area contributed by atoms with Crippen molar-refractivity contribution < 1.29 is 9.47 Å². The summed E-state index contributed by atoms with van der Waals surface area (Å²) < 4.78 is 11.1. The Labute approximate surface area is 98.3 Å². The van der Waals surface area contributed by atoms with E-state index in [1.54, 1.807) is 7.11 Å². The van der Waals surface area contributed by atoms with Crippen molar-refractivity contribution in [3.8, 4) is 0 Å². The van der Waals surface area contributed by atoms with Gasteiger partial charge in [-0.25, -0.2) is 0 Å². The van der Waals surface area contributed by atoms with Gasteiger partial charge in [-0.15, -0.1) is 0 Å². The minimum absolute atomic E-state index is 0.451. The summed E-state index contributed by atoms with van der Waals surface area (Å²) in [6, 6.07) is 0.451. The second kappa shape index (κ2) is 5.96. The van der Waals surface area contributed by atoms with E-state index in [0.717, 1.165) is 32.8 Å². The molecule has 0 aromatic heterocycles. The van der Waals surface area contributed by atoms with Crippen molar-refractivity contribution >= 4 is 0 Å². The summed E-state index contributed by atoms with van der Waals surface area (Å²) in [6.07, 6.45) is 3.47. The van der Waals surface area contributed by atoms with Gasteiger partial charge in [-0.2, -0.15) is 0 Å². The van der Waals surface area contributed by atoms with Gasteiger partial charge < -0.3 is 14.8 Å². The van der Waals surface area contributed by atoms with Gasteiger partial charge in [-0.05, 0) is 19.4 Å². The average Bonchev–Trinajstić information content (AvgIpc) is 2.59. The number of morpholine rings is 1. The molecule has 2 saturated heterocycles. The molecule has 0 radical (unpaired) electrons. The number of hydrogen-bond acceptors (Lipinski definition) is 4. The SMILES string of the molecule is CCNC(COC)CN1CC2CCC(C1)O2. The molecular weight excluding hydrogens is 204 g/mol. The highest BCUT2D eigenvalue weighted by Crippen LogP contribution is 2.26. The first-order valence-electron chi connectivity index (χ1n) is 6.42. The van der Waals surface area contributed by atoms with Crippen LogP contribution >= 0.6 is 0 Å². The van der Waals surface area contributed by atoms with E-state index in [1.165, 1.54) is 12.8 Å². The summed E-state index contributed by atoms with van der Waals surface area (Å²) in [7, 11) is 1.77. The molecular formula is C12H24N2O2. The molecule has 2 bridgehead atoms. The van der Waals surface area contributed by atoms with E-state index in [4.69, 9.17) is 9.47 Å². The molecule has 0 amide bonds. The minimum atomic E-state index is 0.451. The van der Waals surface area contributed by atoms with Crippen LogP contribution in [0.3, 0.4) is 0 Å². The van der Waals surface area contributed by atoms with Gasteiger partial charge in [0.2, 0.25) is 0 Å². The Morgan fingerprint density at radius 3 is 2.62 bits per heavy atom. The predicted octanol–water partition coefficient (Wildman–Crippen LogP) is 0.474. The molecule has 2 aliphatic rings. The van der Waals surface area contributed by atoms with Crippen molar-refractivity contribution in [3.63, 3.8) is 0 Å². The molecule has 3 unspecified atom stereocenters. The van der Waals surface area contributed by atoms with Crippen LogP contribution in [0.25, 0.3) is 0 Å². The first kappa shape index (κ1) is 12.3. The van der Waals surface area contributed by atoms with Crippen LogP contribution in [0, 0.1) is 0 Å². The van der Waals surface area contributed by atoms with Crippen molar-refractivity contribution in [2.45, 2.75) is 38.0 Å². The minimum Gasteiger partial charge on any atom is -0.383 e. The molecule has 3 atom stereocenters. The lowest BCUT2D eigenvalue weighted by Gasteiger charge is -2.34. The Balaban J connectivity index is 1.78. The average molecular weight is 228 g/mol. The fraction of sp³-hybridized carbons (Fsp3) is 1.00. The van der Waals surface area contributed by atoms with Gasteiger partial charge in [0.15, 0.2) is 0 Å². The molecule has 0 aromatic rings. The number of methoxy groups -OCH3 is 1. The molecule has 2 fully saturated rings. The van der Waals surface area contributed by atoms with E-state index in [-0.39, 0.29) is 0 Å². The van der Waals surface area contributed by atoms with E-state index in [9.17, 15) is 0 Å². The Kier molecular flexibility index (Phi) is 4.58. The molecule has 16 heavy (non-hydrogen) atoms. The summed E-state index contributed by atoms with van der Waals surface area (Å²) in [4.78, 5) is 2.53. The zero-order chi connectivity index (χ0) is 11.4. The topological polar surface area (TPSA) is 33.7 Å². The molecule has 4 heteroatoms. The monoisotopic (exact) mass is 228 g/mol. The number of likely N-dealkylation sites (tertiary alicyclic amines) is 1. The van der Waals surface area contributed by atoms with Crippen LogP contribution in [-0.2, 0) is 9.47 Å². The number of nitrogens with one attached hydrogen (secondary N) is 1. The fourth-order valence-corrected chi connectivity index (χ4v) is 2.83. The van der Waals surface area contributed by atoms with E-state index in [2.05, 4.69) is 17.1 Å². The van der Waals surface area contributed by atoms with Crippen LogP contribution in [0.4, 0.5) is 0 Å². The fourth-order valence-electron chi connectivity index (χ4n) is 2.83. The van der Waals surface area contributed by atoms with Gasteiger partial charge in [0.1, 0.15) is 0 Å². The molecule has 2 heterocycles. The molecule has 1 N–H and O–H groups in total. The highest BCUT2D eigenvalue weighted by atomic mass is 16.5. The van der Waals surface area contributed by atoms with Gasteiger partial charge >= 0.3 is 0 Å². The number of nitrogens with zero attached hydrogens (tertiary/aromatic N) is 1. The number of ether oxygens (including phenoxy) is 2. The van der Waals surface area contributed by atoms with E-state index in [0.29, 0.717) is 18.2 Å². The van der Waals surface area contributed by atoms with Crippen LogP contribution < -0.4 is 5.32 Å². The normalized spacial score (nSPS) is 31.9. The van der Waals surface area contributed by atoms with Crippen molar-refractivity contribution in [2.75, 3.05) is 39.9 Å². The van der Waals surface area contributed by atoms with Crippen molar-refractivity contribution in [1.82, 2.24) is 10.2 Å². The summed E-state index contributed by atoms with van der Waals surface area (Å²) in [5, 5.41) is 3.47. The molecule has 0 aromatic carbocycles. The molecule has 2 rings (SSSR count). The molecule has 0 aliphatic carbocycles. The van der Waals surface area contributed by atoms with Crippen LogP contribution in [0.15, 0.2) is 0 Å². The molecule has 94 valence electrons. The van der Waals surface area contributed by atoms with Crippen molar-refractivity contribution in [1.29, 1.82) is 0 Å². The van der Waals surface area contributed by atoms with Gasteiger partial charge in [0, 0.05) is 32.8 Å². The van der Waals surface area contributed by atoms with Crippen LogP contribution in [-0.4, -0.2) is 63.0 Å². The third-order valence-corrected chi connectivity index (χ3v) is 3.46. The maximum absolute atomic E-state index is 5.84. The van der Waals surface area contributed by atoms with Gasteiger partial charge in [0.05, 0.1) is 18.8 Å². The Hall–Kier alpha value is -0.160. The second-order valence-electron chi connectivity index (χ2n) is 4.89. The Morgan fingerprint density at radius 2 is 2.06 bits per heavy atom. The molecule has 2 aliphatic heterocycles. The summed E-state index contributed by atoms with van der Waals surface area (Å²) >= 11 is 0. The largest absolute Gasteiger partial charge is 0.383 e. The number of fused-ring (bicyclic) bond motifs is 2. The highest BCUT2D eigenvalue weighted by Gasteiger charge is 2.34. The first-order valence-corrected chi connectivity index (χ1v) is 6.42. The van der Waals surface area contributed by atoms with Crippen molar-refractivity contribution in [2.24, 2.45) is 0 Å². The quantitative estimate of drug-likeness (QED) is 0.717. The van der Waals surface area contributed by atoms with Gasteiger partial charge in [-0.1, -0.05) is 6.92 Å². The van der Waals surface area contributed by atoms with Crippen LogP contribution in [0.5, 0.6) is 0 Å². The maximum Gasteiger partial charge on any atom is 0.0707 e. The number of hydrogen-bond donors (Lipinski definition) is 1. The zero-order valence-corrected chi connectivity index (χ0v) is 10.4. The highest BCUT2D eigenvalue weighted by molar-refractivity contribution is 4.86. The number of likely N-dealkylation sites (N-methyl/N-ethyl adjacent to an activating group) is 1. The third kappa shape index (κ3) is 3.17. The smallest absolute Gasteiger partial charge is 0.0707 e. The zero-order valence-electron chi connectivity index (χ0n) is 10.4. The summed E-state index contributed by atoms with van der Waals surface area (Å²) in [5.41, 5.74) is 0. The predicted molar refractivity (Wildman–Crippen MR) is 63.7 cm³/mol. The second-order valence-corrected chi connectivity index (χ2v) is 4.89. The van der Waals surface area contributed by atoms with E-state index < -0.39 is 0 Å². The summed E-state index contributed by atoms with van der Waals surface area (Å²) in [5.74, 6) is 0. The lowest BCUT2D eigenvalue weighted by Crippen LogP contribution is -2.50. The molecule has 4 nitrogen and oxygen atoms in total. The van der Waals surface area contributed by atoms with E-state index >= 15 is 0 Å². The van der Waals surface area contributed by atoms with Crippen molar-refractivity contribution in [3.05, 3.63) is 0 Å². The Bertz CT molecular complexity index is 195. The Morgan fingerprint density at radius 1 is 1.38 bits per heavy atom. The van der Waals surface area contributed by atoms with Gasteiger partial charge in [-0.3, -0.25) is 4.90 Å². The number of rotatable bonds is 6. The third-order valence-electron chi connectivity index (χ3n) is 3.46. The lowest BCUT2D eigenvalue weighted by molar-refractivity contribution is -0.0427. The standard InChI is InChI=1S/C12H24N2O2/c1-3-13-10(9-15-2)6-14-7-11-4-5-12(8-14)16-11/h10-13H,3-9H2,1-2H3. The van der Waals surface area contributed by atoms with Crippen LogP contribution in [0.1, 0.15) is 19.8 Å². The molecule has 0 spiro atoms. The molecule has 0 saturated carbocycles. The summed E-state index contributed by atoms with van der Waals surface area (Å²) in [6.45, 7) is 7.22. The van der Waals surface area contributed by atoms with Gasteiger partial charge in [0.25, 0.3) is 0 Å². The maximum atomic E-state index is 5.84. The first-order chi connectivity index (χ1) is 7.81. The van der Waals surface area contributed by atoms with Crippen LogP contribution in [0.2, 0.25) is 0 Å². The van der Waals surface area contributed by atoms with E-state index in [1.807, 2.05) is 0 Å².